The molecule has 0 bridgehead atoms. The number of ether oxygens (including phenoxy) is 1. The minimum Gasteiger partial charge on any atom is -0.377 e. The van der Waals surface area contributed by atoms with E-state index in [0.29, 0.717) is 11.5 Å². The third-order valence-corrected chi connectivity index (χ3v) is 5.36. The van der Waals surface area contributed by atoms with Crippen LogP contribution in [0.15, 0.2) is 0 Å². The van der Waals surface area contributed by atoms with Gasteiger partial charge in [0.25, 0.3) is 0 Å². The Kier molecular flexibility index (Phi) is 7.00. The van der Waals surface area contributed by atoms with Crippen LogP contribution in [0.4, 0.5) is 0 Å². The first kappa shape index (κ1) is 18.0. The van der Waals surface area contributed by atoms with Crippen molar-refractivity contribution in [3.63, 3.8) is 0 Å². The van der Waals surface area contributed by atoms with Crippen LogP contribution in [0.5, 0.6) is 0 Å². The van der Waals surface area contributed by atoms with E-state index in [1.54, 1.807) is 0 Å². The topological polar surface area (TPSA) is 21.3 Å². The van der Waals surface area contributed by atoms with Gasteiger partial charge in [0, 0.05) is 13.2 Å². The van der Waals surface area contributed by atoms with E-state index in [1.165, 1.54) is 44.9 Å². The molecule has 0 aliphatic heterocycles. The Balaban J connectivity index is 2.75. The van der Waals surface area contributed by atoms with E-state index < -0.39 is 0 Å². The molecule has 1 N–H and O–H groups in total. The third kappa shape index (κ3) is 4.73. The maximum absolute atomic E-state index is 6.10. The molecule has 1 saturated carbocycles. The summed E-state index contributed by atoms with van der Waals surface area (Å²) in [4.78, 5) is 0. The fraction of sp³-hybridized carbons (Fsp3) is 1.00. The number of hydrogen-bond acceptors (Lipinski definition) is 2. The highest BCUT2D eigenvalue weighted by Crippen LogP contribution is 2.44. The number of hydrogen-bond donors (Lipinski definition) is 1. The van der Waals surface area contributed by atoms with Crippen LogP contribution >= 0.6 is 0 Å². The zero-order valence-electron chi connectivity index (χ0n) is 14.7. The van der Waals surface area contributed by atoms with Crippen molar-refractivity contribution in [3.05, 3.63) is 0 Å². The van der Waals surface area contributed by atoms with Gasteiger partial charge in [-0.2, -0.15) is 0 Å². The molecule has 0 aromatic carbocycles. The van der Waals surface area contributed by atoms with Crippen LogP contribution in [0, 0.1) is 11.3 Å². The average Bonchev–Trinajstić information content (AvgIpc) is 2.39. The lowest BCUT2D eigenvalue weighted by atomic mass is 9.67. The number of methoxy groups -OCH3 is 1. The Morgan fingerprint density at radius 3 is 2.15 bits per heavy atom. The van der Waals surface area contributed by atoms with E-state index in [9.17, 15) is 0 Å². The second-order valence-electron chi connectivity index (χ2n) is 7.67. The van der Waals surface area contributed by atoms with Crippen LogP contribution in [0.2, 0.25) is 0 Å². The molecule has 120 valence electrons. The molecule has 2 unspecified atom stereocenters. The molecule has 0 amide bonds. The zero-order chi connectivity index (χ0) is 15.2. The van der Waals surface area contributed by atoms with E-state index in [4.69, 9.17) is 4.74 Å². The quantitative estimate of drug-likeness (QED) is 0.692. The van der Waals surface area contributed by atoms with Crippen molar-refractivity contribution in [1.82, 2.24) is 5.32 Å². The van der Waals surface area contributed by atoms with Crippen molar-refractivity contribution in [3.8, 4) is 0 Å². The van der Waals surface area contributed by atoms with E-state index in [2.05, 4.69) is 39.9 Å². The van der Waals surface area contributed by atoms with Gasteiger partial charge in [-0.1, -0.05) is 47.5 Å². The molecule has 2 atom stereocenters. The zero-order valence-corrected chi connectivity index (χ0v) is 14.7. The second kappa shape index (κ2) is 7.79. The lowest BCUT2D eigenvalue weighted by Crippen LogP contribution is -2.55. The van der Waals surface area contributed by atoms with Crippen molar-refractivity contribution in [2.45, 2.75) is 91.2 Å². The number of nitrogens with one attached hydrogen (secondary N) is 1. The molecular formula is C18H37NO. The molecule has 1 aliphatic carbocycles. The molecule has 0 saturated heterocycles. The summed E-state index contributed by atoms with van der Waals surface area (Å²) in [6.07, 6.45) is 8.83. The van der Waals surface area contributed by atoms with E-state index >= 15 is 0 Å². The molecule has 20 heavy (non-hydrogen) atoms. The highest BCUT2D eigenvalue weighted by molar-refractivity contribution is 4.99. The van der Waals surface area contributed by atoms with E-state index in [0.717, 1.165) is 12.5 Å². The van der Waals surface area contributed by atoms with Crippen LogP contribution in [-0.2, 0) is 4.74 Å². The summed E-state index contributed by atoms with van der Waals surface area (Å²) < 4.78 is 6.10. The van der Waals surface area contributed by atoms with Gasteiger partial charge in [-0.25, -0.2) is 0 Å². The molecule has 0 spiro atoms. The van der Waals surface area contributed by atoms with Gasteiger partial charge < -0.3 is 10.1 Å². The molecule has 0 aromatic heterocycles. The maximum atomic E-state index is 6.10. The van der Waals surface area contributed by atoms with Crippen molar-refractivity contribution in [2.75, 3.05) is 13.7 Å². The molecular weight excluding hydrogens is 246 g/mol. The van der Waals surface area contributed by atoms with Crippen molar-refractivity contribution >= 4 is 0 Å². The second-order valence-corrected chi connectivity index (χ2v) is 7.67. The molecule has 2 nitrogen and oxygen atoms in total. The van der Waals surface area contributed by atoms with Gasteiger partial charge in [-0.05, 0) is 50.0 Å². The van der Waals surface area contributed by atoms with Crippen LogP contribution in [0.1, 0.15) is 79.6 Å². The smallest absolute Gasteiger partial charge is 0.0831 e. The maximum Gasteiger partial charge on any atom is 0.0831 e. The first-order valence-electron chi connectivity index (χ1n) is 8.67. The molecule has 1 fully saturated rings. The lowest BCUT2D eigenvalue weighted by molar-refractivity contribution is -0.0902. The monoisotopic (exact) mass is 283 g/mol. The van der Waals surface area contributed by atoms with Gasteiger partial charge in [0.1, 0.15) is 0 Å². The SMILES string of the molecule is CCCC(C)CC(NCC)C1(OC)CCC(C)(C)CC1. The predicted molar refractivity (Wildman–Crippen MR) is 88.1 cm³/mol. The van der Waals surface area contributed by atoms with E-state index in [1.807, 2.05) is 7.11 Å². The molecule has 1 aliphatic rings. The summed E-state index contributed by atoms with van der Waals surface area (Å²) >= 11 is 0. The van der Waals surface area contributed by atoms with E-state index in [-0.39, 0.29) is 5.60 Å². The van der Waals surface area contributed by atoms with Gasteiger partial charge in [0.15, 0.2) is 0 Å². The van der Waals surface area contributed by atoms with Crippen LogP contribution < -0.4 is 5.32 Å². The van der Waals surface area contributed by atoms with Crippen LogP contribution in [0.3, 0.4) is 0 Å². The summed E-state index contributed by atoms with van der Waals surface area (Å²) in [5.74, 6) is 0.783. The summed E-state index contributed by atoms with van der Waals surface area (Å²) in [5, 5.41) is 3.74. The Bertz CT molecular complexity index is 265. The largest absolute Gasteiger partial charge is 0.377 e. The van der Waals surface area contributed by atoms with Gasteiger partial charge in [0.05, 0.1) is 5.60 Å². The van der Waals surface area contributed by atoms with Gasteiger partial charge in [0.2, 0.25) is 0 Å². The van der Waals surface area contributed by atoms with Crippen molar-refractivity contribution in [2.24, 2.45) is 11.3 Å². The Morgan fingerprint density at radius 2 is 1.70 bits per heavy atom. The third-order valence-electron chi connectivity index (χ3n) is 5.36. The fourth-order valence-electron chi connectivity index (χ4n) is 3.79. The molecule has 1 rings (SSSR count). The van der Waals surface area contributed by atoms with Crippen LogP contribution in [-0.4, -0.2) is 25.3 Å². The Morgan fingerprint density at radius 1 is 1.10 bits per heavy atom. The first-order valence-corrected chi connectivity index (χ1v) is 8.67. The Labute approximate surface area is 127 Å². The lowest BCUT2D eigenvalue weighted by Gasteiger charge is -2.48. The highest BCUT2D eigenvalue weighted by Gasteiger charge is 2.44. The Hall–Kier alpha value is -0.0800. The van der Waals surface area contributed by atoms with Gasteiger partial charge in [-0.3, -0.25) is 0 Å². The first-order chi connectivity index (χ1) is 9.39. The predicted octanol–water partition coefficient (Wildman–Crippen LogP) is 4.78. The minimum absolute atomic E-state index is 0.0630. The number of likely N-dealkylation sites (N-methyl/N-ethyl adjacent to an activating group) is 1. The van der Waals surface area contributed by atoms with Crippen molar-refractivity contribution < 1.29 is 4.74 Å². The normalized spacial score (nSPS) is 24.3. The average molecular weight is 284 g/mol. The minimum atomic E-state index is 0.0630. The number of rotatable bonds is 8. The van der Waals surface area contributed by atoms with Gasteiger partial charge in [-0.15, -0.1) is 0 Å². The molecule has 2 heteroatoms. The summed E-state index contributed by atoms with van der Waals surface area (Å²) in [5.41, 5.74) is 0.557. The molecule has 0 heterocycles. The molecule has 0 radical (unpaired) electrons. The van der Waals surface area contributed by atoms with Gasteiger partial charge >= 0.3 is 0 Å². The standard InChI is InChI=1S/C18H37NO/c1-7-9-15(3)14-16(19-8-2)18(20-6)12-10-17(4,5)11-13-18/h15-16,19H,7-14H2,1-6H3. The van der Waals surface area contributed by atoms with Crippen LogP contribution in [0.25, 0.3) is 0 Å². The highest BCUT2D eigenvalue weighted by atomic mass is 16.5. The molecule has 0 aromatic rings. The summed E-state index contributed by atoms with van der Waals surface area (Å²) in [6.45, 7) is 12.7. The van der Waals surface area contributed by atoms with Crippen molar-refractivity contribution in [1.29, 1.82) is 0 Å². The summed E-state index contributed by atoms with van der Waals surface area (Å²) in [7, 11) is 1.92. The summed E-state index contributed by atoms with van der Waals surface area (Å²) in [6, 6.07) is 0.509. The fourth-order valence-corrected chi connectivity index (χ4v) is 3.79.